The monoisotopic (exact) mass is 394 g/mol. The van der Waals surface area contributed by atoms with E-state index in [1.54, 1.807) is 0 Å². The zero-order valence-corrected chi connectivity index (χ0v) is 16.5. The summed E-state index contributed by atoms with van der Waals surface area (Å²) < 4.78 is 25.5. The minimum absolute atomic E-state index is 0.0305. The molecule has 29 heavy (non-hydrogen) atoms. The Morgan fingerprint density at radius 3 is 2.76 bits per heavy atom. The van der Waals surface area contributed by atoms with Crippen LogP contribution in [-0.4, -0.2) is 42.7 Å². The van der Waals surface area contributed by atoms with Gasteiger partial charge < -0.3 is 14.5 Å². The molecule has 1 fully saturated rings. The molecule has 150 valence electrons. The fraction of sp³-hybridized carbons (Fsp3) is 0.364. The lowest BCUT2D eigenvalue weighted by molar-refractivity contribution is 0.0143. The minimum Gasteiger partial charge on any atom is -0.465 e. The van der Waals surface area contributed by atoms with Gasteiger partial charge in [-0.1, -0.05) is 0 Å². The van der Waals surface area contributed by atoms with Gasteiger partial charge in [-0.25, -0.2) is 4.39 Å². The van der Waals surface area contributed by atoms with Gasteiger partial charge in [0.05, 0.1) is 36.0 Å². The van der Waals surface area contributed by atoms with Crippen molar-refractivity contribution in [3.8, 4) is 6.07 Å². The van der Waals surface area contributed by atoms with E-state index in [9.17, 15) is 9.65 Å². The highest BCUT2D eigenvalue weighted by atomic mass is 19.1. The van der Waals surface area contributed by atoms with Crippen molar-refractivity contribution in [2.45, 2.75) is 19.9 Å². The van der Waals surface area contributed by atoms with E-state index >= 15 is 0 Å². The van der Waals surface area contributed by atoms with E-state index < -0.39 is 0 Å². The van der Waals surface area contributed by atoms with Gasteiger partial charge in [0.1, 0.15) is 23.4 Å². The number of aromatic nitrogens is 1. The van der Waals surface area contributed by atoms with Gasteiger partial charge in [-0.15, -0.1) is 0 Å². The molecule has 1 aliphatic heterocycles. The zero-order chi connectivity index (χ0) is 20.4. The van der Waals surface area contributed by atoms with Crippen LogP contribution in [-0.2, 0) is 4.74 Å². The molecule has 0 bridgehead atoms. The second-order valence-corrected chi connectivity index (χ2v) is 7.27. The smallest absolute Gasteiger partial charge is 0.124 e. The van der Waals surface area contributed by atoms with Gasteiger partial charge in [0.25, 0.3) is 0 Å². The number of rotatable bonds is 5. The lowest BCUT2D eigenvalue weighted by Gasteiger charge is -2.33. The maximum Gasteiger partial charge on any atom is 0.124 e. The van der Waals surface area contributed by atoms with Crippen LogP contribution in [0.2, 0.25) is 0 Å². The quantitative estimate of drug-likeness (QED) is 0.707. The molecule has 6 nitrogen and oxygen atoms in total. The zero-order valence-electron chi connectivity index (χ0n) is 16.5. The summed E-state index contributed by atoms with van der Waals surface area (Å²) in [6.45, 7) is 7.17. The predicted molar refractivity (Wildman–Crippen MR) is 108 cm³/mol. The first-order valence-electron chi connectivity index (χ1n) is 9.68. The van der Waals surface area contributed by atoms with Crippen LogP contribution in [0.1, 0.15) is 28.7 Å². The highest BCUT2D eigenvalue weighted by Crippen LogP contribution is 2.31. The summed E-state index contributed by atoms with van der Waals surface area (Å²) in [4.78, 5) is 6.66. The van der Waals surface area contributed by atoms with Crippen molar-refractivity contribution in [2.75, 3.05) is 38.2 Å². The van der Waals surface area contributed by atoms with Crippen molar-refractivity contribution in [1.29, 1.82) is 5.26 Å². The Morgan fingerprint density at radius 1 is 1.28 bits per heavy atom. The standard InChI is InChI=1S/C22H23FN4O2/c1-14-9-17(23)10-18-21(14)25-12-16(11-24)22(18)26-13-19(20-4-3-15(2)29-20)27-5-7-28-8-6-27/h3-4,9-10,12,19H,5-8,13H2,1-2H3,(H,25,26). The van der Waals surface area contributed by atoms with Crippen molar-refractivity contribution >= 4 is 16.6 Å². The summed E-state index contributed by atoms with van der Waals surface area (Å²) in [5.41, 5.74) is 2.41. The molecule has 1 N–H and O–H groups in total. The van der Waals surface area contributed by atoms with Crippen LogP contribution in [0.5, 0.6) is 0 Å². The molecule has 0 saturated carbocycles. The Labute approximate surface area is 168 Å². The van der Waals surface area contributed by atoms with E-state index in [1.807, 2.05) is 26.0 Å². The van der Waals surface area contributed by atoms with Gasteiger partial charge in [-0.05, 0) is 43.7 Å². The average Bonchev–Trinajstić information content (AvgIpc) is 3.15. The number of nitriles is 1. The van der Waals surface area contributed by atoms with Crippen LogP contribution in [0.4, 0.5) is 10.1 Å². The summed E-state index contributed by atoms with van der Waals surface area (Å²) in [7, 11) is 0. The van der Waals surface area contributed by atoms with Gasteiger partial charge in [-0.3, -0.25) is 9.88 Å². The number of hydrogen-bond acceptors (Lipinski definition) is 6. The molecule has 0 radical (unpaired) electrons. The van der Waals surface area contributed by atoms with Crippen LogP contribution in [0.15, 0.2) is 34.9 Å². The van der Waals surface area contributed by atoms with E-state index in [0.717, 1.165) is 30.2 Å². The van der Waals surface area contributed by atoms with Crippen molar-refractivity contribution in [1.82, 2.24) is 9.88 Å². The van der Waals surface area contributed by atoms with Crippen LogP contribution in [0.25, 0.3) is 10.9 Å². The molecular formula is C22H23FN4O2. The first-order chi connectivity index (χ1) is 14.1. The third-order valence-electron chi connectivity index (χ3n) is 5.30. The minimum atomic E-state index is -0.346. The third kappa shape index (κ3) is 3.95. The molecule has 7 heteroatoms. The van der Waals surface area contributed by atoms with E-state index in [4.69, 9.17) is 9.15 Å². The van der Waals surface area contributed by atoms with Gasteiger partial charge in [0, 0.05) is 31.2 Å². The van der Waals surface area contributed by atoms with Gasteiger partial charge >= 0.3 is 0 Å². The normalized spacial score (nSPS) is 15.9. The van der Waals surface area contributed by atoms with Crippen LogP contribution in [0, 0.1) is 31.0 Å². The van der Waals surface area contributed by atoms with E-state index in [1.165, 1.54) is 18.3 Å². The van der Waals surface area contributed by atoms with Crippen molar-refractivity contribution in [3.05, 3.63) is 58.9 Å². The van der Waals surface area contributed by atoms with Crippen LogP contribution < -0.4 is 5.32 Å². The molecule has 1 aliphatic rings. The number of furan rings is 1. The highest BCUT2D eigenvalue weighted by Gasteiger charge is 2.26. The highest BCUT2D eigenvalue weighted by molar-refractivity contribution is 5.95. The fourth-order valence-corrected chi connectivity index (χ4v) is 3.84. The maximum atomic E-state index is 14.1. The summed E-state index contributed by atoms with van der Waals surface area (Å²) in [5.74, 6) is 1.36. The number of hydrogen-bond donors (Lipinski definition) is 1. The Kier molecular flexibility index (Phi) is 5.47. The Hall–Kier alpha value is -2.95. The average molecular weight is 394 g/mol. The molecule has 1 aromatic carbocycles. The first kappa shape index (κ1) is 19.4. The van der Waals surface area contributed by atoms with E-state index in [-0.39, 0.29) is 11.9 Å². The topological polar surface area (TPSA) is 74.3 Å². The van der Waals surface area contributed by atoms with Crippen LogP contribution >= 0.6 is 0 Å². The number of halogens is 1. The molecular weight excluding hydrogens is 371 g/mol. The molecule has 3 heterocycles. The number of pyridine rings is 1. The predicted octanol–water partition coefficient (Wildman–Crippen LogP) is 3.94. The number of morpholine rings is 1. The second kappa shape index (κ2) is 8.19. The number of aryl methyl sites for hydroxylation is 2. The maximum absolute atomic E-state index is 14.1. The summed E-state index contributed by atoms with van der Waals surface area (Å²) in [6.07, 6.45) is 1.54. The molecule has 3 aromatic rings. The number of ether oxygens (including phenoxy) is 1. The molecule has 0 spiro atoms. The van der Waals surface area contributed by atoms with Gasteiger partial charge in [0.2, 0.25) is 0 Å². The van der Waals surface area contributed by atoms with Crippen LogP contribution in [0.3, 0.4) is 0 Å². The second-order valence-electron chi connectivity index (χ2n) is 7.27. The SMILES string of the molecule is Cc1ccc(C(CNc2c(C#N)cnc3c(C)cc(F)cc23)N2CCOCC2)o1. The fourth-order valence-electron chi connectivity index (χ4n) is 3.84. The molecule has 1 unspecified atom stereocenters. The summed E-state index contributed by atoms with van der Waals surface area (Å²) in [6, 6.07) is 8.95. The number of benzene rings is 1. The van der Waals surface area contributed by atoms with E-state index in [0.29, 0.717) is 41.9 Å². The van der Waals surface area contributed by atoms with E-state index in [2.05, 4.69) is 21.3 Å². The molecule has 1 saturated heterocycles. The number of anilines is 1. The number of nitrogens with one attached hydrogen (secondary N) is 1. The first-order valence-corrected chi connectivity index (χ1v) is 9.68. The number of nitrogens with zero attached hydrogens (tertiary/aromatic N) is 3. The Bertz CT molecular complexity index is 1070. The molecule has 4 rings (SSSR count). The Balaban J connectivity index is 1.70. The largest absolute Gasteiger partial charge is 0.465 e. The molecule has 0 amide bonds. The summed E-state index contributed by atoms with van der Waals surface area (Å²) in [5, 5.41) is 13.6. The molecule has 2 aromatic heterocycles. The van der Waals surface area contributed by atoms with Gasteiger partial charge in [0.15, 0.2) is 0 Å². The number of fused-ring (bicyclic) bond motifs is 1. The lowest BCUT2D eigenvalue weighted by Crippen LogP contribution is -2.41. The summed E-state index contributed by atoms with van der Waals surface area (Å²) >= 11 is 0. The van der Waals surface area contributed by atoms with Crippen molar-refractivity contribution < 1.29 is 13.5 Å². The van der Waals surface area contributed by atoms with Gasteiger partial charge in [-0.2, -0.15) is 5.26 Å². The molecule has 0 aliphatic carbocycles. The lowest BCUT2D eigenvalue weighted by atomic mass is 10.1. The van der Waals surface area contributed by atoms with Crippen molar-refractivity contribution in [2.24, 2.45) is 0 Å². The van der Waals surface area contributed by atoms with Crippen molar-refractivity contribution in [3.63, 3.8) is 0 Å². The third-order valence-corrected chi connectivity index (χ3v) is 5.30. The Morgan fingerprint density at radius 2 is 2.07 bits per heavy atom. The molecule has 1 atom stereocenters.